The number of amides is 1. The van der Waals surface area contributed by atoms with Crippen LogP contribution in [0.2, 0.25) is 0 Å². The van der Waals surface area contributed by atoms with Gasteiger partial charge in [0, 0.05) is 19.0 Å². The highest BCUT2D eigenvalue weighted by Gasteiger charge is 2.26. The van der Waals surface area contributed by atoms with Crippen molar-refractivity contribution >= 4 is 5.91 Å². The van der Waals surface area contributed by atoms with Crippen LogP contribution in [-0.4, -0.2) is 48.9 Å². The van der Waals surface area contributed by atoms with E-state index in [0.29, 0.717) is 11.9 Å². The maximum absolute atomic E-state index is 12.2. The van der Waals surface area contributed by atoms with E-state index in [1.807, 2.05) is 11.9 Å². The van der Waals surface area contributed by atoms with Crippen LogP contribution < -0.4 is 0 Å². The first kappa shape index (κ1) is 13.5. The van der Waals surface area contributed by atoms with Gasteiger partial charge in [-0.25, -0.2) is 0 Å². The molecule has 1 heterocycles. The normalized spacial score (nSPS) is 19.1. The summed E-state index contributed by atoms with van der Waals surface area (Å²) in [6.07, 6.45) is 4.18. The molecule has 1 rings (SSSR count). The molecule has 0 radical (unpaired) electrons. The molecular formula is C13H26N2O. The monoisotopic (exact) mass is 226 g/mol. The Morgan fingerprint density at radius 2 is 1.81 bits per heavy atom. The lowest BCUT2D eigenvalue weighted by molar-refractivity contribution is -0.137. The minimum absolute atomic E-state index is 0.227. The Morgan fingerprint density at radius 3 is 2.25 bits per heavy atom. The molecule has 1 aliphatic heterocycles. The Kier molecular flexibility index (Phi) is 5.26. The molecule has 1 amide bonds. The SMILES string of the molecule is CCC(CC)C(=O)N(C)C1CCN(C)CC1. The van der Waals surface area contributed by atoms with E-state index < -0.39 is 0 Å². The molecule has 0 bridgehead atoms. The molecule has 1 saturated heterocycles. The number of piperidine rings is 1. The topological polar surface area (TPSA) is 23.6 Å². The van der Waals surface area contributed by atoms with Gasteiger partial charge in [-0.3, -0.25) is 4.79 Å². The highest BCUT2D eigenvalue weighted by atomic mass is 16.2. The van der Waals surface area contributed by atoms with Crippen molar-refractivity contribution in [1.29, 1.82) is 0 Å². The minimum atomic E-state index is 0.227. The summed E-state index contributed by atoms with van der Waals surface area (Å²) < 4.78 is 0. The zero-order chi connectivity index (χ0) is 12.1. The Hall–Kier alpha value is -0.570. The fraction of sp³-hybridized carbons (Fsp3) is 0.923. The van der Waals surface area contributed by atoms with Crippen molar-refractivity contribution in [3.63, 3.8) is 0 Å². The fourth-order valence-corrected chi connectivity index (χ4v) is 2.49. The molecule has 0 saturated carbocycles. The third-order valence-electron chi connectivity index (χ3n) is 3.92. The van der Waals surface area contributed by atoms with Crippen LogP contribution >= 0.6 is 0 Å². The van der Waals surface area contributed by atoms with Crippen LogP contribution in [0.5, 0.6) is 0 Å². The molecule has 0 atom stereocenters. The predicted molar refractivity (Wildman–Crippen MR) is 67.4 cm³/mol. The van der Waals surface area contributed by atoms with E-state index in [-0.39, 0.29) is 5.92 Å². The maximum Gasteiger partial charge on any atom is 0.225 e. The summed E-state index contributed by atoms with van der Waals surface area (Å²) in [5, 5.41) is 0. The van der Waals surface area contributed by atoms with Crippen molar-refractivity contribution in [3.05, 3.63) is 0 Å². The summed E-state index contributed by atoms with van der Waals surface area (Å²) in [5.41, 5.74) is 0. The Labute approximate surface area is 99.8 Å². The van der Waals surface area contributed by atoms with Gasteiger partial charge in [0.15, 0.2) is 0 Å². The number of hydrogen-bond donors (Lipinski definition) is 0. The molecule has 0 N–H and O–H groups in total. The molecule has 94 valence electrons. The number of carbonyl (C=O) groups is 1. The first-order valence-electron chi connectivity index (χ1n) is 6.55. The van der Waals surface area contributed by atoms with Crippen LogP contribution in [0.4, 0.5) is 0 Å². The predicted octanol–water partition coefficient (Wildman–Crippen LogP) is 1.98. The zero-order valence-electron chi connectivity index (χ0n) is 11.2. The van der Waals surface area contributed by atoms with E-state index in [1.165, 1.54) is 0 Å². The zero-order valence-corrected chi connectivity index (χ0v) is 11.2. The molecular weight excluding hydrogens is 200 g/mol. The second-order valence-corrected chi connectivity index (χ2v) is 5.00. The summed E-state index contributed by atoms with van der Waals surface area (Å²) in [6, 6.07) is 0.462. The Balaban J connectivity index is 2.50. The second kappa shape index (κ2) is 6.24. The lowest BCUT2D eigenvalue weighted by Gasteiger charge is -2.36. The number of carbonyl (C=O) groups excluding carboxylic acids is 1. The summed E-state index contributed by atoms with van der Waals surface area (Å²) in [6.45, 7) is 6.44. The largest absolute Gasteiger partial charge is 0.342 e. The maximum atomic E-state index is 12.2. The standard InChI is InChI=1S/C13H26N2O/c1-5-11(6-2)13(16)15(4)12-7-9-14(3)10-8-12/h11-12H,5-10H2,1-4H3. The first-order chi connectivity index (χ1) is 7.60. The molecule has 0 aromatic heterocycles. The van der Waals surface area contributed by atoms with Gasteiger partial charge in [-0.2, -0.15) is 0 Å². The van der Waals surface area contributed by atoms with Gasteiger partial charge < -0.3 is 9.80 Å². The summed E-state index contributed by atoms with van der Waals surface area (Å²) >= 11 is 0. The third kappa shape index (κ3) is 3.21. The average molecular weight is 226 g/mol. The van der Waals surface area contributed by atoms with Crippen molar-refractivity contribution in [3.8, 4) is 0 Å². The van der Waals surface area contributed by atoms with Gasteiger partial charge in [0.05, 0.1) is 0 Å². The quantitative estimate of drug-likeness (QED) is 0.732. The van der Waals surface area contributed by atoms with Crippen LogP contribution in [0.1, 0.15) is 39.5 Å². The van der Waals surface area contributed by atoms with Gasteiger partial charge >= 0.3 is 0 Å². The van der Waals surface area contributed by atoms with Crippen molar-refractivity contribution in [2.45, 2.75) is 45.6 Å². The van der Waals surface area contributed by atoms with Gasteiger partial charge in [-0.15, -0.1) is 0 Å². The van der Waals surface area contributed by atoms with E-state index in [1.54, 1.807) is 0 Å². The number of hydrogen-bond acceptors (Lipinski definition) is 2. The summed E-state index contributed by atoms with van der Waals surface area (Å²) in [4.78, 5) is 16.5. The van der Waals surface area contributed by atoms with Crippen LogP contribution in [0.15, 0.2) is 0 Å². The Morgan fingerprint density at radius 1 is 1.31 bits per heavy atom. The molecule has 0 aromatic carbocycles. The van der Waals surface area contributed by atoms with Crippen LogP contribution in [0.3, 0.4) is 0 Å². The van der Waals surface area contributed by atoms with E-state index in [2.05, 4.69) is 25.8 Å². The lowest BCUT2D eigenvalue weighted by atomic mass is 9.98. The average Bonchev–Trinajstić information content (AvgIpc) is 2.30. The van der Waals surface area contributed by atoms with Gasteiger partial charge in [-0.1, -0.05) is 13.8 Å². The van der Waals surface area contributed by atoms with E-state index in [4.69, 9.17) is 0 Å². The molecule has 1 fully saturated rings. The summed E-state index contributed by atoms with van der Waals surface area (Å²) in [5.74, 6) is 0.573. The van der Waals surface area contributed by atoms with Crippen LogP contribution in [0, 0.1) is 5.92 Å². The second-order valence-electron chi connectivity index (χ2n) is 5.00. The molecule has 3 heteroatoms. The molecule has 0 aliphatic carbocycles. The molecule has 16 heavy (non-hydrogen) atoms. The number of rotatable bonds is 4. The van der Waals surface area contributed by atoms with Crippen molar-refractivity contribution < 1.29 is 4.79 Å². The number of likely N-dealkylation sites (tertiary alicyclic amines) is 1. The molecule has 0 aromatic rings. The van der Waals surface area contributed by atoms with Gasteiger partial charge in [-0.05, 0) is 45.8 Å². The van der Waals surface area contributed by atoms with Gasteiger partial charge in [0.2, 0.25) is 5.91 Å². The molecule has 0 unspecified atom stereocenters. The lowest BCUT2D eigenvalue weighted by Crippen LogP contribution is -2.46. The highest BCUT2D eigenvalue weighted by Crippen LogP contribution is 2.18. The van der Waals surface area contributed by atoms with Gasteiger partial charge in [0.1, 0.15) is 0 Å². The fourth-order valence-electron chi connectivity index (χ4n) is 2.49. The van der Waals surface area contributed by atoms with E-state index >= 15 is 0 Å². The van der Waals surface area contributed by atoms with Crippen molar-refractivity contribution in [2.24, 2.45) is 5.92 Å². The summed E-state index contributed by atoms with van der Waals surface area (Å²) in [7, 11) is 4.13. The van der Waals surface area contributed by atoms with E-state index in [0.717, 1.165) is 38.8 Å². The Bertz CT molecular complexity index is 218. The first-order valence-corrected chi connectivity index (χ1v) is 6.55. The highest BCUT2D eigenvalue weighted by molar-refractivity contribution is 5.78. The van der Waals surface area contributed by atoms with Crippen molar-refractivity contribution in [1.82, 2.24) is 9.80 Å². The van der Waals surface area contributed by atoms with Gasteiger partial charge in [0.25, 0.3) is 0 Å². The minimum Gasteiger partial charge on any atom is -0.342 e. The van der Waals surface area contributed by atoms with E-state index in [9.17, 15) is 4.79 Å². The molecule has 1 aliphatic rings. The smallest absolute Gasteiger partial charge is 0.225 e. The van der Waals surface area contributed by atoms with Crippen LogP contribution in [-0.2, 0) is 4.79 Å². The van der Waals surface area contributed by atoms with Crippen molar-refractivity contribution in [2.75, 3.05) is 27.2 Å². The molecule has 3 nitrogen and oxygen atoms in total. The molecule has 0 spiro atoms. The van der Waals surface area contributed by atoms with Crippen LogP contribution in [0.25, 0.3) is 0 Å². The number of nitrogens with zero attached hydrogens (tertiary/aromatic N) is 2. The third-order valence-corrected chi connectivity index (χ3v) is 3.92.